The minimum Gasteiger partial charge on any atom is -0.370 e. The van der Waals surface area contributed by atoms with Crippen LogP contribution in [-0.4, -0.2) is 75.3 Å². The zero-order valence-corrected chi connectivity index (χ0v) is 16.6. The van der Waals surface area contributed by atoms with E-state index in [1.54, 1.807) is 18.5 Å². The number of hydrogen-bond donors (Lipinski definition) is 2. The van der Waals surface area contributed by atoms with Gasteiger partial charge < -0.3 is 20.3 Å². The van der Waals surface area contributed by atoms with Crippen molar-refractivity contribution < 1.29 is 17.9 Å². The number of rotatable bonds is 7. The van der Waals surface area contributed by atoms with Crippen LogP contribution in [0.2, 0.25) is 0 Å². The first kappa shape index (κ1) is 21.2. The zero-order valence-electron chi connectivity index (χ0n) is 16.6. The van der Waals surface area contributed by atoms with Gasteiger partial charge >= 0.3 is 6.18 Å². The topological polar surface area (TPSA) is 106 Å². The van der Waals surface area contributed by atoms with Crippen molar-refractivity contribution in [2.75, 3.05) is 49.6 Å². The second-order valence-corrected chi connectivity index (χ2v) is 6.95. The summed E-state index contributed by atoms with van der Waals surface area (Å²) in [6.45, 7) is 1.99. The lowest BCUT2D eigenvalue weighted by atomic mass is 10.4. The third-order valence-electron chi connectivity index (χ3n) is 4.64. The van der Waals surface area contributed by atoms with Crippen molar-refractivity contribution in [3.05, 3.63) is 24.8 Å². The molecular formula is C18H22F3N9O. The average Bonchev–Trinajstić information content (AvgIpc) is 2.96. The van der Waals surface area contributed by atoms with E-state index in [-0.39, 0.29) is 13.2 Å². The van der Waals surface area contributed by atoms with Crippen molar-refractivity contribution in [1.82, 2.24) is 35.0 Å². The van der Waals surface area contributed by atoms with Crippen molar-refractivity contribution in [3.8, 4) is 0 Å². The highest BCUT2D eigenvalue weighted by molar-refractivity contribution is 5.88. The lowest BCUT2D eigenvalue weighted by molar-refractivity contribution is -0.174. The van der Waals surface area contributed by atoms with Crippen LogP contribution in [0.15, 0.2) is 24.8 Å². The van der Waals surface area contributed by atoms with Gasteiger partial charge in [-0.1, -0.05) is 0 Å². The molecule has 166 valence electrons. The summed E-state index contributed by atoms with van der Waals surface area (Å²) >= 11 is 0. The number of nitrogens with zero attached hydrogens (tertiary/aromatic N) is 7. The van der Waals surface area contributed by atoms with Gasteiger partial charge in [-0.05, 0) is 19.0 Å². The van der Waals surface area contributed by atoms with E-state index in [2.05, 4.69) is 35.6 Å². The first-order chi connectivity index (χ1) is 15.0. The van der Waals surface area contributed by atoms with E-state index in [0.29, 0.717) is 28.6 Å². The molecule has 0 amide bonds. The van der Waals surface area contributed by atoms with Crippen LogP contribution >= 0.6 is 0 Å². The molecule has 31 heavy (non-hydrogen) atoms. The van der Waals surface area contributed by atoms with Crippen LogP contribution in [0, 0.1) is 0 Å². The number of hydrogen-bond acceptors (Lipinski definition) is 9. The van der Waals surface area contributed by atoms with Gasteiger partial charge in [0.05, 0.1) is 19.3 Å². The summed E-state index contributed by atoms with van der Waals surface area (Å²) in [4.78, 5) is 19.5. The van der Waals surface area contributed by atoms with E-state index >= 15 is 0 Å². The molecule has 1 aliphatic rings. The van der Waals surface area contributed by atoms with Gasteiger partial charge in [0.2, 0.25) is 5.95 Å². The van der Waals surface area contributed by atoms with Crippen LogP contribution in [0.4, 0.5) is 30.8 Å². The highest BCUT2D eigenvalue weighted by Crippen LogP contribution is 2.26. The Kier molecular flexibility index (Phi) is 6.42. The smallest absolute Gasteiger partial charge is 0.370 e. The highest BCUT2D eigenvalue weighted by atomic mass is 19.4. The number of halogens is 3. The maximum absolute atomic E-state index is 12.3. The number of fused-ring (bicyclic) bond motifs is 1. The van der Waals surface area contributed by atoms with Crippen molar-refractivity contribution in [2.24, 2.45) is 0 Å². The third kappa shape index (κ3) is 5.55. The summed E-state index contributed by atoms with van der Waals surface area (Å²) in [5, 5.41) is 10.8. The minimum atomic E-state index is -4.37. The van der Waals surface area contributed by atoms with Crippen molar-refractivity contribution in [1.29, 1.82) is 0 Å². The SMILES string of the molecule is FC(F)(F)COCCn1ncc2nc(N3CCCNCC3)nc(Nc3ccncn3)c21. The van der Waals surface area contributed by atoms with Crippen LogP contribution in [-0.2, 0) is 11.3 Å². The molecular weight excluding hydrogens is 415 g/mol. The van der Waals surface area contributed by atoms with E-state index < -0.39 is 12.8 Å². The summed E-state index contributed by atoms with van der Waals surface area (Å²) in [5.41, 5.74) is 1.14. The molecule has 1 saturated heterocycles. The van der Waals surface area contributed by atoms with E-state index in [1.807, 2.05) is 0 Å². The van der Waals surface area contributed by atoms with Gasteiger partial charge in [-0.25, -0.2) is 15.0 Å². The molecule has 0 bridgehead atoms. The molecule has 3 aromatic heterocycles. The number of aromatic nitrogens is 6. The Bertz CT molecular complexity index is 988. The minimum absolute atomic E-state index is 0.119. The van der Waals surface area contributed by atoms with Gasteiger partial charge in [-0.3, -0.25) is 4.68 Å². The fraction of sp³-hybridized carbons (Fsp3) is 0.500. The summed E-state index contributed by atoms with van der Waals surface area (Å²) in [6, 6.07) is 1.69. The van der Waals surface area contributed by atoms with Crippen LogP contribution < -0.4 is 15.5 Å². The Hall–Kier alpha value is -3.06. The second-order valence-electron chi connectivity index (χ2n) is 6.95. The summed E-state index contributed by atoms with van der Waals surface area (Å²) < 4.78 is 43.3. The molecule has 0 aromatic carbocycles. The number of alkyl halides is 3. The molecule has 3 aromatic rings. The lowest BCUT2D eigenvalue weighted by Crippen LogP contribution is -2.29. The predicted molar refractivity (Wildman–Crippen MR) is 107 cm³/mol. The monoisotopic (exact) mass is 437 g/mol. The Balaban J connectivity index is 1.63. The second kappa shape index (κ2) is 9.39. The number of anilines is 3. The third-order valence-corrected chi connectivity index (χ3v) is 4.64. The molecule has 0 radical (unpaired) electrons. The molecule has 2 N–H and O–H groups in total. The van der Waals surface area contributed by atoms with Gasteiger partial charge in [-0.2, -0.15) is 23.3 Å². The fourth-order valence-corrected chi connectivity index (χ4v) is 3.26. The van der Waals surface area contributed by atoms with E-state index in [9.17, 15) is 13.2 Å². The van der Waals surface area contributed by atoms with Gasteiger partial charge in [0.25, 0.3) is 0 Å². The molecule has 0 aliphatic carbocycles. The van der Waals surface area contributed by atoms with Crippen LogP contribution in [0.1, 0.15) is 6.42 Å². The van der Waals surface area contributed by atoms with E-state index in [1.165, 1.54) is 11.0 Å². The normalized spacial score (nSPS) is 15.3. The molecule has 0 saturated carbocycles. The first-order valence-electron chi connectivity index (χ1n) is 9.86. The van der Waals surface area contributed by atoms with Gasteiger partial charge in [0.15, 0.2) is 5.82 Å². The maximum Gasteiger partial charge on any atom is 0.411 e. The molecule has 0 spiro atoms. The quantitative estimate of drug-likeness (QED) is 0.535. The molecule has 10 nitrogen and oxygen atoms in total. The Morgan fingerprint density at radius 3 is 2.90 bits per heavy atom. The Labute approximate surface area is 175 Å². The standard InChI is InChI=1S/C18H22F3N9O/c19-18(20,21)11-31-9-8-30-15-13(10-25-30)26-17(29-6-1-3-22-5-7-29)28-16(15)27-14-2-4-23-12-24-14/h2,4,10,12,22H,1,3,5-9,11H2,(H,23,24,26,27,28). The highest BCUT2D eigenvalue weighted by Gasteiger charge is 2.27. The maximum atomic E-state index is 12.3. The summed E-state index contributed by atoms with van der Waals surface area (Å²) in [6.07, 6.45) is 1.17. The predicted octanol–water partition coefficient (Wildman–Crippen LogP) is 1.74. The van der Waals surface area contributed by atoms with Crippen molar-refractivity contribution in [3.63, 3.8) is 0 Å². The number of nitrogens with one attached hydrogen (secondary N) is 2. The lowest BCUT2D eigenvalue weighted by Gasteiger charge is -2.21. The van der Waals surface area contributed by atoms with Crippen LogP contribution in [0.5, 0.6) is 0 Å². The molecule has 4 rings (SSSR count). The average molecular weight is 437 g/mol. The molecule has 1 aliphatic heterocycles. The number of ether oxygens (including phenoxy) is 1. The zero-order chi connectivity index (χ0) is 21.7. The molecule has 13 heteroatoms. The van der Waals surface area contributed by atoms with Crippen molar-refractivity contribution >= 4 is 28.6 Å². The molecule has 4 heterocycles. The van der Waals surface area contributed by atoms with Gasteiger partial charge in [-0.15, -0.1) is 0 Å². The van der Waals surface area contributed by atoms with Crippen LogP contribution in [0.25, 0.3) is 11.0 Å². The first-order valence-corrected chi connectivity index (χ1v) is 9.86. The molecule has 1 fully saturated rings. The fourth-order valence-electron chi connectivity index (χ4n) is 3.26. The van der Waals surface area contributed by atoms with Gasteiger partial charge in [0, 0.05) is 25.8 Å². The summed E-state index contributed by atoms with van der Waals surface area (Å²) in [7, 11) is 0. The largest absolute Gasteiger partial charge is 0.411 e. The Morgan fingerprint density at radius 1 is 1.19 bits per heavy atom. The summed E-state index contributed by atoms with van der Waals surface area (Å²) in [5.74, 6) is 1.55. The van der Waals surface area contributed by atoms with Gasteiger partial charge in [0.1, 0.15) is 29.8 Å². The van der Waals surface area contributed by atoms with E-state index in [0.717, 1.165) is 32.6 Å². The Morgan fingerprint density at radius 2 is 2.10 bits per heavy atom. The molecule has 0 unspecified atom stereocenters. The van der Waals surface area contributed by atoms with Crippen molar-refractivity contribution in [2.45, 2.75) is 19.1 Å². The van der Waals surface area contributed by atoms with Crippen LogP contribution in [0.3, 0.4) is 0 Å². The molecule has 0 atom stereocenters. The van der Waals surface area contributed by atoms with E-state index in [4.69, 9.17) is 9.72 Å².